The summed E-state index contributed by atoms with van der Waals surface area (Å²) in [5.41, 5.74) is 2.64. The van der Waals surface area contributed by atoms with Crippen LogP contribution in [0.4, 0.5) is 0 Å². The Balaban J connectivity index is 2.02. The predicted molar refractivity (Wildman–Crippen MR) is 89.4 cm³/mol. The third-order valence-corrected chi connectivity index (χ3v) is 3.96. The summed E-state index contributed by atoms with van der Waals surface area (Å²) < 4.78 is 0. The molecule has 0 bridgehead atoms. The van der Waals surface area contributed by atoms with Crippen molar-refractivity contribution in [1.29, 1.82) is 5.26 Å². The molecule has 4 aromatic rings. The van der Waals surface area contributed by atoms with Crippen LogP contribution in [-0.2, 0) is 0 Å². The van der Waals surface area contributed by atoms with Crippen LogP contribution < -0.4 is 0 Å². The fourth-order valence-electron chi connectivity index (χ4n) is 2.87. The molecule has 2 nitrogen and oxygen atoms in total. The van der Waals surface area contributed by atoms with Crippen molar-refractivity contribution in [2.24, 2.45) is 0 Å². The van der Waals surface area contributed by atoms with E-state index in [4.69, 9.17) is 5.26 Å². The maximum atomic E-state index is 8.92. The number of pyridine rings is 1. The number of hydrogen-bond acceptors (Lipinski definition) is 2. The summed E-state index contributed by atoms with van der Waals surface area (Å²) >= 11 is 0. The SMILES string of the molecule is N#Cc1ccc(-c2nccc3c2ccc2ccccc23)cc1. The van der Waals surface area contributed by atoms with Crippen molar-refractivity contribution in [3.63, 3.8) is 0 Å². The fraction of sp³-hybridized carbons (Fsp3) is 0. The van der Waals surface area contributed by atoms with Gasteiger partial charge in [-0.25, -0.2) is 0 Å². The lowest BCUT2D eigenvalue weighted by atomic mass is 9.98. The monoisotopic (exact) mass is 280 g/mol. The Bertz CT molecular complexity index is 1020. The van der Waals surface area contributed by atoms with Crippen molar-refractivity contribution < 1.29 is 0 Å². The third-order valence-electron chi connectivity index (χ3n) is 3.96. The van der Waals surface area contributed by atoms with E-state index in [-0.39, 0.29) is 0 Å². The van der Waals surface area contributed by atoms with E-state index in [0.717, 1.165) is 16.6 Å². The van der Waals surface area contributed by atoms with E-state index in [9.17, 15) is 0 Å². The smallest absolute Gasteiger partial charge is 0.0991 e. The minimum absolute atomic E-state index is 0.662. The lowest BCUT2D eigenvalue weighted by Gasteiger charge is -2.08. The van der Waals surface area contributed by atoms with Crippen LogP contribution >= 0.6 is 0 Å². The Hall–Kier alpha value is -3.18. The number of hydrogen-bond donors (Lipinski definition) is 0. The molecule has 0 fully saturated rings. The molecule has 0 aliphatic heterocycles. The fourth-order valence-corrected chi connectivity index (χ4v) is 2.87. The number of aromatic nitrogens is 1. The van der Waals surface area contributed by atoms with E-state index in [1.807, 2.05) is 30.5 Å². The maximum absolute atomic E-state index is 8.92. The molecule has 0 saturated heterocycles. The number of benzene rings is 3. The molecule has 0 aliphatic carbocycles. The minimum Gasteiger partial charge on any atom is -0.256 e. The van der Waals surface area contributed by atoms with Crippen LogP contribution in [0.5, 0.6) is 0 Å². The van der Waals surface area contributed by atoms with E-state index < -0.39 is 0 Å². The molecule has 4 rings (SSSR count). The van der Waals surface area contributed by atoms with Crippen molar-refractivity contribution in [1.82, 2.24) is 4.98 Å². The van der Waals surface area contributed by atoms with Gasteiger partial charge >= 0.3 is 0 Å². The summed E-state index contributed by atoms with van der Waals surface area (Å²) in [4.78, 5) is 4.56. The van der Waals surface area contributed by atoms with E-state index in [1.165, 1.54) is 16.2 Å². The van der Waals surface area contributed by atoms with Crippen LogP contribution in [-0.4, -0.2) is 4.98 Å². The van der Waals surface area contributed by atoms with Gasteiger partial charge in [0.05, 0.1) is 17.3 Å². The van der Waals surface area contributed by atoms with Crippen molar-refractivity contribution >= 4 is 21.5 Å². The zero-order chi connectivity index (χ0) is 14.9. The molecule has 0 aliphatic rings. The minimum atomic E-state index is 0.662. The van der Waals surface area contributed by atoms with Crippen LogP contribution in [0.3, 0.4) is 0 Å². The van der Waals surface area contributed by atoms with Gasteiger partial charge < -0.3 is 0 Å². The average Bonchev–Trinajstić information content (AvgIpc) is 2.61. The Morgan fingerprint density at radius 2 is 1.55 bits per heavy atom. The molecule has 0 radical (unpaired) electrons. The van der Waals surface area contributed by atoms with Gasteiger partial charge in [0, 0.05) is 17.1 Å². The second-order valence-corrected chi connectivity index (χ2v) is 5.23. The molecule has 3 aromatic carbocycles. The maximum Gasteiger partial charge on any atom is 0.0991 e. The third kappa shape index (κ3) is 1.92. The molecule has 0 amide bonds. The van der Waals surface area contributed by atoms with Gasteiger partial charge in [0.25, 0.3) is 0 Å². The summed E-state index contributed by atoms with van der Waals surface area (Å²) in [7, 11) is 0. The van der Waals surface area contributed by atoms with Crippen molar-refractivity contribution in [3.8, 4) is 17.3 Å². The molecular weight excluding hydrogens is 268 g/mol. The highest BCUT2D eigenvalue weighted by atomic mass is 14.7. The zero-order valence-electron chi connectivity index (χ0n) is 11.8. The molecule has 1 heterocycles. The van der Waals surface area contributed by atoms with Gasteiger partial charge in [0.1, 0.15) is 0 Å². The van der Waals surface area contributed by atoms with E-state index in [2.05, 4.69) is 53.5 Å². The van der Waals surface area contributed by atoms with Crippen LogP contribution in [0, 0.1) is 11.3 Å². The second-order valence-electron chi connectivity index (χ2n) is 5.23. The predicted octanol–water partition coefficient (Wildman–Crippen LogP) is 4.93. The number of nitrogens with zero attached hydrogens (tertiary/aromatic N) is 2. The van der Waals surface area contributed by atoms with E-state index in [0.29, 0.717) is 5.56 Å². The van der Waals surface area contributed by atoms with E-state index in [1.54, 1.807) is 0 Å². The Labute approximate surface area is 128 Å². The summed E-state index contributed by atoms with van der Waals surface area (Å²) in [6.07, 6.45) is 1.85. The summed E-state index contributed by atoms with van der Waals surface area (Å²) in [6, 6.07) is 24.4. The first kappa shape index (κ1) is 12.6. The number of nitriles is 1. The highest BCUT2D eigenvalue weighted by Crippen LogP contribution is 2.31. The van der Waals surface area contributed by atoms with Gasteiger partial charge in [-0.05, 0) is 34.4 Å². The molecule has 102 valence electrons. The molecule has 0 unspecified atom stereocenters. The molecular formula is C20H12N2. The summed E-state index contributed by atoms with van der Waals surface area (Å²) in [5, 5.41) is 13.7. The van der Waals surface area contributed by atoms with Crippen LogP contribution in [0.1, 0.15) is 5.56 Å². The van der Waals surface area contributed by atoms with E-state index >= 15 is 0 Å². The average molecular weight is 280 g/mol. The standard InChI is InChI=1S/C20H12N2/c21-13-14-5-7-16(8-6-14)20-19-10-9-15-3-1-2-4-17(15)18(19)11-12-22-20/h1-12H. The number of rotatable bonds is 1. The van der Waals surface area contributed by atoms with Crippen LogP contribution in [0.15, 0.2) is 72.9 Å². The molecule has 2 heteroatoms. The highest BCUT2D eigenvalue weighted by Gasteiger charge is 2.07. The van der Waals surface area contributed by atoms with Gasteiger partial charge in [-0.1, -0.05) is 48.5 Å². The van der Waals surface area contributed by atoms with Crippen molar-refractivity contribution in [3.05, 3.63) is 78.5 Å². The van der Waals surface area contributed by atoms with Crippen LogP contribution in [0.25, 0.3) is 32.8 Å². The number of fused-ring (bicyclic) bond motifs is 3. The normalized spacial score (nSPS) is 10.7. The molecule has 22 heavy (non-hydrogen) atoms. The molecule has 0 atom stereocenters. The first-order valence-corrected chi connectivity index (χ1v) is 7.14. The van der Waals surface area contributed by atoms with Crippen molar-refractivity contribution in [2.75, 3.05) is 0 Å². The van der Waals surface area contributed by atoms with Gasteiger partial charge in [0.2, 0.25) is 0 Å². The van der Waals surface area contributed by atoms with Crippen LogP contribution in [0.2, 0.25) is 0 Å². The highest BCUT2D eigenvalue weighted by molar-refractivity contribution is 6.11. The lowest BCUT2D eigenvalue weighted by molar-refractivity contribution is 1.36. The summed E-state index contributed by atoms with van der Waals surface area (Å²) in [5.74, 6) is 0. The molecule has 0 spiro atoms. The van der Waals surface area contributed by atoms with Crippen molar-refractivity contribution in [2.45, 2.75) is 0 Å². The molecule has 1 aromatic heterocycles. The Morgan fingerprint density at radius 3 is 2.36 bits per heavy atom. The second kappa shape index (κ2) is 4.98. The zero-order valence-corrected chi connectivity index (χ0v) is 11.8. The summed E-state index contributed by atoms with van der Waals surface area (Å²) in [6.45, 7) is 0. The molecule has 0 saturated carbocycles. The topological polar surface area (TPSA) is 36.7 Å². The lowest BCUT2D eigenvalue weighted by Crippen LogP contribution is -1.87. The largest absolute Gasteiger partial charge is 0.256 e. The first-order chi connectivity index (χ1) is 10.9. The van der Waals surface area contributed by atoms with Gasteiger partial charge in [-0.15, -0.1) is 0 Å². The van der Waals surface area contributed by atoms with Gasteiger partial charge in [-0.2, -0.15) is 5.26 Å². The Kier molecular flexibility index (Phi) is 2.84. The Morgan fingerprint density at radius 1 is 0.727 bits per heavy atom. The van der Waals surface area contributed by atoms with Gasteiger partial charge in [-0.3, -0.25) is 4.98 Å². The quantitative estimate of drug-likeness (QED) is 0.464. The van der Waals surface area contributed by atoms with Gasteiger partial charge in [0.15, 0.2) is 0 Å². The first-order valence-electron chi connectivity index (χ1n) is 7.14. The molecule has 0 N–H and O–H groups in total.